The van der Waals surface area contributed by atoms with Gasteiger partial charge in [-0.25, -0.2) is 0 Å². The first-order chi connectivity index (χ1) is 11.6. The smallest absolute Gasteiger partial charge is 0.231 e. The molecule has 3 nitrogen and oxygen atoms in total. The van der Waals surface area contributed by atoms with Gasteiger partial charge < -0.3 is 10.2 Å². The van der Waals surface area contributed by atoms with Crippen molar-refractivity contribution >= 4 is 11.5 Å². The van der Waals surface area contributed by atoms with E-state index in [1.165, 1.54) is 16.7 Å². The lowest BCUT2D eigenvalue weighted by atomic mass is 10.1. The first kappa shape index (κ1) is 16.5. The fourth-order valence-electron chi connectivity index (χ4n) is 3.16. The van der Waals surface area contributed by atoms with Gasteiger partial charge in [-0.3, -0.25) is 4.79 Å². The van der Waals surface area contributed by atoms with E-state index in [4.69, 9.17) is 0 Å². The molecule has 3 rings (SSSR count). The zero-order valence-electron chi connectivity index (χ0n) is 14.5. The van der Waals surface area contributed by atoms with Crippen molar-refractivity contribution in [2.24, 2.45) is 5.92 Å². The molecule has 124 valence electrons. The first-order valence-electron chi connectivity index (χ1n) is 8.32. The maximum Gasteiger partial charge on any atom is 0.231 e. The van der Waals surface area contributed by atoms with Crippen LogP contribution in [0.1, 0.15) is 23.6 Å². The predicted octanol–water partition coefficient (Wildman–Crippen LogP) is 3.47. The fourth-order valence-corrected chi connectivity index (χ4v) is 3.16. The highest BCUT2D eigenvalue weighted by atomic mass is 16.2. The molecular weight excluding hydrogens is 296 g/mol. The highest BCUT2D eigenvalue weighted by molar-refractivity contribution is 6.05. The van der Waals surface area contributed by atoms with Crippen molar-refractivity contribution in [2.75, 3.05) is 14.1 Å². The van der Waals surface area contributed by atoms with Crippen LogP contribution in [0, 0.1) is 5.92 Å². The summed E-state index contributed by atoms with van der Waals surface area (Å²) in [5, 5.41) is 3.08. The second kappa shape index (κ2) is 7.02. The number of amides is 1. The number of nitrogens with zero attached hydrogens (tertiary/aromatic N) is 1. The van der Waals surface area contributed by atoms with E-state index in [1.54, 1.807) is 0 Å². The Morgan fingerprint density at radius 1 is 1.04 bits per heavy atom. The molecule has 2 aromatic rings. The maximum atomic E-state index is 12.5. The van der Waals surface area contributed by atoms with E-state index in [2.05, 4.69) is 60.7 Å². The average molecular weight is 320 g/mol. The fraction of sp³-hybridized carbons (Fsp3) is 0.286. The summed E-state index contributed by atoms with van der Waals surface area (Å²) in [6, 6.07) is 18.5. The monoisotopic (exact) mass is 320 g/mol. The molecule has 1 N–H and O–H groups in total. The molecule has 0 aliphatic heterocycles. The Morgan fingerprint density at radius 2 is 1.75 bits per heavy atom. The number of nitrogens with one attached hydrogen (secondary N) is 1. The second-order valence-electron chi connectivity index (χ2n) is 6.67. The van der Waals surface area contributed by atoms with Gasteiger partial charge in [0, 0.05) is 13.1 Å². The van der Waals surface area contributed by atoms with Gasteiger partial charge in [-0.1, -0.05) is 60.2 Å². The van der Waals surface area contributed by atoms with Crippen molar-refractivity contribution in [3.63, 3.8) is 0 Å². The maximum absolute atomic E-state index is 12.5. The second-order valence-corrected chi connectivity index (χ2v) is 6.67. The van der Waals surface area contributed by atoms with Crippen molar-refractivity contribution in [1.82, 2.24) is 10.2 Å². The molecule has 0 aromatic heterocycles. The summed E-state index contributed by atoms with van der Waals surface area (Å²) >= 11 is 0. The Balaban J connectivity index is 1.57. The van der Waals surface area contributed by atoms with Crippen LogP contribution in [0.5, 0.6) is 0 Å². The van der Waals surface area contributed by atoms with Crippen LogP contribution < -0.4 is 5.32 Å². The van der Waals surface area contributed by atoms with Crippen molar-refractivity contribution in [2.45, 2.75) is 20.0 Å². The lowest BCUT2D eigenvalue weighted by Crippen LogP contribution is -2.26. The Bertz CT molecular complexity index is 762. The van der Waals surface area contributed by atoms with Gasteiger partial charge in [0.15, 0.2) is 0 Å². The van der Waals surface area contributed by atoms with Crippen molar-refractivity contribution in [3.05, 3.63) is 76.9 Å². The lowest BCUT2D eigenvalue weighted by Gasteiger charge is -2.11. The average Bonchev–Trinajstić information content (AvgIpc) is 3.24. The molecule has 1 aliphatic rings. The molecule has 24 heavy (non-hydrogen) atoms. The van der Waals surface area contributed by atoms with Gasteiger partial charge in [0.25, 0.3) is 0 Å². The minimum atomic E-state index is -0.0580. The molecule has 0 bridgehead atoms. The van der Waals surface area contributed by atoms with Gasteiger partial charge in [0.05, 0.1) is 5.92 Å². The number of rotatable bonds is 6. The van der Waals surface area contributed by atoms with E-state index in [1.807, 2.05) is 25.1 Å². The summed E-state index contributed by atoms with van der Waals surface area (Å²) in [7, 11) is 4.11. The van der Waals surface area contributed by atoms with Crippen LogP contribution in [0.15, 0.2) is 60.2 Å². The molecule has 3 heteroatoms. The number of benzene rings is 2. The van der Waals surface area contributed by atoms with E-state index in [0.29, 0.717) is 6.54 Å². The van der Waals surface area contributed by atoms with Crippen LogP contribution in [-0.2, 0) is 17.9 Å². The molecular formula is C21H24N2O. The first-order valence-corrected chi connectivity index (χ1v) is 8.32. The molecule has 0 fully saturated rings. The largest absolute Gasteiger partial charge is 0.351 e. The van der Waals surface area contributed by atoms with Crippen LogP contribution in [0.3, 0.4) is 0 Å². The van der Waals surface area contributed by atoms with Crippen LogP contribution in [0.25, 0.3) is 5.57 Å². The zero-order chi connectivity index (χ0) is 17.1. The Kier molecular flexibility index (Phi) is 4.81. The molecule has 0 saturated carbocycles. The Labute approximate surface area is 144 Å². The van der Waals surface area contributed by atoms with Gasteiger partial charge >= 0.3 is 0 Å². The van der Waals surface area contributed by atoms with Crippen LogP contribution in [-0.4, -0.2) is 24.9 Å². The topological polar surface area (TPSA) is 32.3 Å². The lowest BCUT2D eigenvalue weighted by molar-refractivity contribution is -0.121. The summed E-state index contributed by atoms with van der Waals surface area (Å²) in [5.74, 6) is 0.0433. The van der Waals surface area contributed by atoms with E-state index in [-0.39, 0.29) is 11.8 Å². The molecule has 1 amide bonds. The molecule has 0 heterocycles. The van der Waals surface area contributed by atoms with E-state index in [0.717, 1.165) is 17.7 Å². The highest BCUT2D eigenvalue weighted by Crippen LogP contribution is 2.46. The van der Waals surface area contributed by atoms with Crippen LogP contribution in [0.4, 0.5) is 0 Å². The van der Waals surface area contributed by atoms with E-state index in [9.17, 15) is 4.79 Å². The van der Waals surface area contributed by atoms with Crippen molar-refractivity contribution in [3.8, 4) is 0 Å². The summed E-state index contributed by atoms with van der Waals surface area (Å²) in [4.78, 5) is 14.6. The molecule has 2 aromatic carbocycles. The highest BCUT2D eigenvalue weighted by Gasteiger charge is 2.39. The Hall–Kier alpha value is -2.39. The third kappa shape index (κ3) is 3.74. The van der Waals surface area contributed by atoms with Gasteiger partial charge in [-0.15, -0.1) is 0 Å². The number of hydrogen-bond acceptors (Lipinski definition) is 2. The third-order valence-corrected chi connectivity index (χ3v) is 4.37. The molecule has 1 atom stereocenters. The van der Waals surface area contributed by atoms with Gasteiger partial charge in [-0.2, -0.15) is 0 Å². The number of hydrogen-bond donors (Lipinski definition) is 1. The predicted molar refractivity (Wildman–Crippen MR) is 98.2 cm³/mol. The quantitative estimate of drug-likeness (QED) is 0.884. The normalized spacial score (nSPS) is 16.4. The Morgan fingerprint density at radius 3 is 2.46 bits per heavy atom. The minimum Gasteiger partial charge on any atom is -0.351 e. The van der Waals surface area contributed by atoms with Crippen LogP contribution in [0.2, 0.25) is 0 Å². The molecule has 0 saturated heterocycles. The summed E-state index contributed by atoms with van der Waals surface area (Å²) < 4.78 is 0. The summed E-state index contributed by atoms with van der Waals surface area (Å²) in [6.07, 6.45) is 0. The molecule has 1 aliphatic carbocycles. The van der Waals surface area contributed by atoms with Crippen molar-refractivity contribution in [1.29, 1.82) is 0 Å². The van der Waals surface area contributed by atoms with E-state index < -0.39 is 0 Å². The molecule has 0 radical (unpaired) electrons. The standard InChI is InChI=1S/C21H24N2O/c1-15-19(18-10-5-4-6-11-18)20(15)21(24)22-13-16-8-7-9-17(12-16)14-23(2)3/h4-12,20H,13-14H2,1-3H3,(H,22,24). The SMILES string of the molecule is CC1=C(c2ccccc2)C1C(=O)NCc1cccc(CN(C)C)c1. The van der Waals surface area contributed by atoms with Gasteiger partial charge in [-0.05, 0) is 43.3 Å². The molecule has 1 unspecified atom stereocenters. The van der Waals surface area contributed by atoms with Gasteiger partial charge in [0.1, 0.15) is 0 Å². The molecule has 0 spiro atoms. The number of carbonyl (C=O) groups excluding carboxylic acids is 1. The number of carbonyl (C=O) groups is 1. The van der Waals surface area contributed by atoms with Gasteiger partial charge in [0.2, 0.25) is 5.91 Å². The zero-order valence-corrected chi connectivity index (χ0v) is 14.5. The minimum absolute atomic E-state index is 0.0580. The summed E-state index contributed by atoms with van der Waals surface area (Å²) in [6.45, 7) is 3.53. The summed E-state index contributed by atoms with van der Waals surface area (Å²) in [5.41, 5.74) is 5.91. The third-order valence-electron chi connectivity index (χ3n) is 4.37. The van der Waals surface area contributed by atoms with E-state index >= 15 is 0 Å². The van der Waals surface area contributed by atoms with Crippen LogP contribution >= 0.6 is 0 Å². The van der Waals surface area contributed by atoms with Crippen molar-refractivity contribution < 1.29 is 4.79 Å².